The van der Waals surface area contributed by atoms with E-state index >= 15 is 0 Å². The van der Waals surface area contributed by atoms with Gasteiger partial charge in [0.25, 0.3) is 0 Å². The Balaban J connectivity index is 2.73. The molecular weight excluding hydrogens is 179 g/mol. The minimum atomic E-state index is -0.206. The summed E-state index contributed by atoms with van der Waals surface area (Å²) in [5, 5.41) is 1.90. The van der Waals surface area contributed by atoms with Crippen molar-refractivity contribution in [3.05, 3.63) is 41.7 Å². The fraction of sp³-hybridized carbons (Fsp3) is 0.167. The van der Waals surface area contributed by atoms with Crippen LogP contribution in [-0.4, -0.2) is 7.11 Å². The van der Waals surface area contributed by atoms with Gasteiger partial charge in [-0.1, -0.05) is 6.07 Å². The second-order valence-electron chi connectivity index (χ2n) is 3.31. The van der Waals surface area contributed by atoms with Crippen LogP contribution in [0.3, 0.4) is 0 Å². The third kappa shape index (κ3) is 1.43. The van der Waals surface area contributed by atoms with Crippen LogP contribution in [0.4, 0.5) is 4.39 Å². The van der Waals surface area contributed by atoms with Gasteiger partial charge in [-0.05, 0) is 47.5 Å². The van der Waals surface area contributed by atoms with E-state index in [9.17, 15) is 4.39 Å². The second-order valence-corrected chi connectivity index (χ2v) is 3.31. The van der Waals surface area contributed by atoms with E-state index in [2.05, 4.69) is 0 Å². The highest BCUT2D eigenvalue weighted by atomic mass is 19.1. The predicted octanol–water partition coefficient (Wildman–Crippen LogP) is 3.30. The maximum atomic E-state index is 12.9. The Morgan fingerprint density at radius 3 is 2.57 bits per heavy atom. The molecule has 0 spiro atoms. The molecule has 2 rings (SSSR count). The zero-order valence-electron chi connectivity index (χ0n) is 8.17. The van der Waals surface area contributed by atoms with Crippen LogP contribution in [0.2, 0.25) is 0 Å². The molecule has 0 radical (unpaired) electrons. The monoisotopic (exact) mass is 190 g/mol. The van der Waals surface area contributed by atoms with E-state index in [1.54, 1.807) is 13.2 Å². The van der Waals surface area contributed by atoms with Gasteiger partial charge in [-0.2, -0.15) is 0 Å². The smallest absolute Gasteiger partial charge is 0.123 e. The molecule has 0 aromatic heterocycles. The van der Waals surface area contributed by atoms with Crippen LogP contribution in [0.25, 0.3) is 10.8 Å². The molecule has 0 unspecified atom stereocenters. The van der Waals surface area contributed by atoms with Gasteiger partial charge in [0.15, 0.2) is 0 Å². The molecule has 1 nitrogen and oxygen atoms in total. The molecule has 0 saturated carbocycles. The lowest BCUT2D eigenvalue weighted by atomic mass is 10.1. The highest BCUT2D eigenvalue weighted by molar-refractivity contribution is 5.85. The Morgan fingerprint density at radius 1 is 1.07 bits per heavy atom. The Morgan fingerprint density at radius 2 is 1.86 bits per heavy atom. The quantitative estimate of drug-likeness (QED) is 0.670. The Kier molecular flexibility index (Phi) is 2.12. The van der Waals surface area contributed by atoms with E-state index in [-0.39, 0.29) is 5.82 Å². The van der Waals surface area contributed by atoms with Gasteiger partial charge in [-0.25, -0.2) is 4.39 Å². The molecule has 0 aliphatic rings. The van der Waals surface area contributed by atoms with Crippen molar-refractivity contribution in [2.75, 3.05) is 7.11 Å². The van der Waals surface area contributed by atoms with E-state index < -0.39 is 0 Å². The molecule has 0 heterocycles. The van der Waals surface area contributed by atoms with Crippen LogP contribution in [0.1, 0.15) is 5.56 Å². The van der Waals surface area contributed by atoms with Gasteiger partial charge in [0.2, 0.25) is 0 Å². The van der Waals surface area contributed by atoms with Crippen molar-refractivity contribution in [2.24, 2.45) is 0 Å². The molecule has 72 valence electrons. The van der Waals surface area contributed by atoms with E-state index in [1.807, 2.05) is 19.1 Å². The van der Waals surface area contributed by atoms with Gasteiger partial charge < -0.3 is 4.74 Å². The first kappa shape index (κ1) is 9.00. The zero-order valence-corrected chi connectivity index (χ0v) is 8.17. The van der Waals surface area contributed by atoms with Crippen molar-refractivity contribution >= 4 is 10.8 Å². The molecule has 0 N–H and O–H groups in total. The van der Waals surface area contributed by atoms with E-state index in [0.29, 0.717) is 0 Å². The Bertz CT molecular complexity index is 477. The van der Waals surface area contributed by atoms with Crippen molar-refractivity contribution in [1.29, 1.82) is 0 Å². The number of fused-ring (bicyclic) bond motifs is 1. The summed E-state index contributed by atoms with van der Waals surface area (Å²) in [6.07, 6.45) is 0. The molecule has 2 aromatic rings. The number of benzene rings is 2. The van der Waals surface area contributed by atoms with Gasteiger partial charge in [-0.15, -0.1) is 0 Å². The summed E-state index contributed by atoms with van der Waals surface area (Å²) in [6, 6.07) is 8.59. The average molecular weight is 190 g/mol. The lowest BCUT2D eigenvalue weighted by Gasteiger charge is -2.06. The first-order valence-electron chi connectivity index (χ1n) is 4.44. The standard InChI is InChI=1S/C12H11FO/c1-8-5-10-6-11(13)4-3-9(10)7-12(8)14-2/h3-7H,1-2H3. The number of halogens is 1. The van der Waals surface area contributed by atoms with Crippen molar-refractivity contribution in [1.82, 2.24) is 0 Å². The van der Waals surface area contributed by atoms with Crippen molar-refractivity contribution < 1.29 is 9.13 Å². The summed E-state index contributed by atoms with van der Waals surface area (Å²) in [6.45, 7) is 1.95. The molecule has 2 aromatic carbocycles. The van der Waals surface area contributed by atoms with Gasteiger partial charge in [-0.3, -0.25) is 0 Å². The van der Waals surface area contributed by atoms with E-state index in [0.717, 1.165) is 22.1 Å². The van der Waals surface area contributed by atoms with Crippen LogP contribution in [0, 0.1) is 12.7 Å². The lowest BCUT2D eigenvalue weighted by molar-refractivity contribution is 0.412. The normalized spacial score (nSPS) is 10.5. The highest BCUT2D eigenvalue weighted by Crippen LogP contribution is 2.25. The van der Waals surface area contributed by atoms with Crippen molar-refractivity contribution in [2.45, 2.75) is 6.92 Å². The summed E-state index contributed by atoms with van der Waals surface area (Å²) in [5.41, 5.74) is 1.02. The molecule has 0 bridgehead atoms. The number of aryl methyl sites for hydroxylation is 1. The van der Waals surface area contributed by atoms with Crippen LogP contribution in [0.5, 0.6) is 5.75 Å². The zero-order chi connectivity index (χ0) is 10.1. The number of hydrogen-bond acceptors (Lipinski definition) is 1. The number of hydrogen-bond donors (Lipinski definition) is 0. The lowest BCUT2D eigenvalue weighted by Crippen LogP contribution is -1.87. The molecule has 0 saturated heterocycles. The molecule has 0 fully saturated rings. The third-order valence-corrected chi connectivity index (χ3v) is 2.32. The molecule has 14 heavy (non-hydrogen) atoms. The van der Waals surface area contributed by atoms with Crippen molar-refractivity contribution in [3.8, 4) is 5.75 Å². The van der Waals surface area contributed by atoms with Gasteiger partial charge in [0.1, 0.15) is 11.6 Å². The molecular formula is C12H11FO. The molecule has 0 atom stereocenters. The van der Waals surface area contributed by atoms with Crippen LogP contribution in [-0.2, 0) is 0 Å². The third-order valence-electron chi connectivity index (χ3n) is 2.32. The predicted molar refractivity (Wildman–Crippen MR) is 55.2 cm³/mol. The fourth-order valence-corrected chi connectivity index (χ4v) is 1.58. The molecule has 0 amide bonds. The largest absolute Gasteiger partial charge is 0.496 e. The summed E-state index contributed by atoms with van der Waals surface area (Å²) in [5.74, 6) is 0.631. The SMILES string of the molecule is COc1cc2ccc(F)cc2cc1C. The van der Waals surface area contributed by atoms with Gasteiger partial charge >= 0.3 is 0 Å². The maximum absolute atomic E-state index is 12.9. The fourth-order valence-electron chi connectivity index (χ4n) is 1.58. The second kappa shape index (κ2) is 3.29. The number of methoxy groups -OCH3 is 1. The first-order valence-corrected chi connectivity index (χ1v) is 4.44. The van der Waals surface area contributed by atoms with Crippen LogP contribution < -0.4 is 4.74 Å². The first-order chi connectivity index (χ1) is 6.70. The maximum Gasteiger partial charge on any atom is 0.123 e. The molecule has 0 aliphatic heterocycles. The number of ether oxygens (including phenoxy) is 1. The highest BCUT2D eigenvalue weighted by Gasteiger charge is 2.01. The van der Waals surface area contributed by atoms with E-state index in [4.69, 9.17) is 4.74 Å². The Hall–Kier alpha value is -1.57. The topological polar surface area (TPSA) is 9.23 Å². The molecule has 0 aliphatic carbocycles. The summed E-state index contributed by atoms with van der Waals surface area (Å²) < 4.78 is 18.1. The van der Waals surface area contributed by atoms with Gasteiger partial charge in [0, 0.05) is 0 Å². The van der Waals surface area contributed by atoms with Gasteiger partial charge in [0.05, 0.1) is 7.11 Å². The minimum Gasteiger partial charge on any atom is -0.496 e. The summed E-state index contributed by atoms with van der Waals surface area (Å²) in [4.78, 5) is 0. The Labute approximate surface area is 82.1 Å². The van der Waals surface area contributed by atoms with Crippen molar-refractivity contribution in [3.63, 3.8) is 0 Å². The summed E-state index contributed by atoms with van der Waals surface area (Å²) >= 11 is 0. The minimum absolute atomic E-state index is 0.206. The van der Waals surface area contributed by atoms with E-state index in [1.165, 1.54) is 12.1 Å². The molecule has 2 heteroatoms. The van der Waals surface area contributed by atoms with Crippen LogP contribution >= 0.6 is 0 Å². The number of rotatable bonds is 1. The van der Waals surface area contributed by atoms with Crippen LogP contribution in [0.15, 0.2) is 30.3 Å². The average Bonchev–Trinajstić information content (AvgIpc) is 2.16. The summed E-state index contributed by atoms with van der Waals surface area (Å²) in [7, 11) is 1.64.